The molecule has 2 aromatic heterocycles. The number of esters is 1. The van der Waals surface area contributed by atoms with Crippen LogP contribution in [-0.2, 0) is 34.6 Å². The zero-order chi connectivity index (χ0) is 42.7. The second-order valence-electron chi connectivity index (χ2n) is 16.7. The second kappa shape index (κ2) is 18.7. The lowest BCUT2D eigenvalue weighted by Gasteiger charge is -2.47. The van der Waals surface area contributed by atoms with Crippen molar-refractivity contribution in [1.29, 1.82) is 0 Å². The number of benzene rings is 2. The third-order valence-corrected chi connectivity index (χ3v) is 15.5. The summed E-state index contributed by atoms with van der Waals surface area (Å²) in [6.07, 6.45) is 8.90. The van der Waals surface area contributed by atoms with Crippen molar-refractivity contribution in [3.63, 3.8) is 0 Å². The molecule has 3 amide bonds. The normalized spacial score (nSPS) is 23.0. The van der Waals surface area contributed by atoms with Crippen molar-refractivity contribution in [2.75, 3.05) is 44.9 Å². The molecule has 0 radical (unpaired) electrons. The maximum absolute atomic E-state index is 14.4. The van der Waals surface area contributed by atoms with Crippen molar-refractivity contribution in [3.05, 3.63) is 89.1 Å². The quantitative estimate of drug-likeness (QED) is 0.0936. The van der Waals surface area contributed by atoms with Crippen LogP contribution >= 0.6 is 18.9 Å². The third kappa shape index (κ3) is 9.35. The first-order chi connectivity index (χ1) is 29.5. The molecule has 14 nitrogen and oxygen atoms in total. The molecule has 4 fully saturated rings. The lowest BCUT2D eigenvalue weighted by Crippen LogP contribution is -2.59. The number of para-hydroxylation sites is 1. The lowest BCUT2D eigenvalue weighted by molar-refractivity contribution is -0.148. The number of likely N-dealkylation sites (tertiary alicyclic amines) is 1. The first-order valence-corrected chi connectivity index (χ1v) is 24.1. The lowest BCUT2D eigenvalue weighted by atomic mass is 9.88. The molecule has 2 aromatic carbocycles. The van der Waals surface area contributed by atoms with Gasteiger partial charge >= 0.3 is 13.5 Å². The Balaban J connectivity index is 0.916. The maximum Gasteiger partial charge on any atom is 0.323 e. The number of nitrogens with zero attached hydrogens (tertiary/aromatic N) is 4. The van der Waals surface area contributed by atoms with Gasteiger partial charge in [-0.3, -0.25) is 28.7 Å². The Morgan fingerprint density at radius 1 is 1.02 bits per heavy atom. The van der Waals surface area contributed by atoms with E-state index in [0.717, 1.165) is 53.6 Å². The Morgan fingerprint density at radius 2 is 1.84 bits per heavy atom. The fourth-order valence-corrected chi connectivity index (χ4v) is 12.1. The van der Waals surface area contributed by atoms with E-state index < -0.39 is 31.6 Å². The number of rotatable bonds is 16. The molecule has 1 unspecified atom stereocenters. The minimum atomic E-state index is -3.69. The van der Waals surface area contributed by atoms with Crippen LogP contribution in [0.3, 0.4) is 0 Å². The number of hydrogen-bond donors (Lipinski definition) is 2. The zero-order valence-corrected chi connectivity index (χ0v) is 36.7. The highest BCUT2D eigenvalue weighted by atomic mass is 32.1. The van der Waals surface area contributed by atoms with Gasteiger partial charge in [0, 0.05) is 67.0 Å². The van der Waals surface area contributed by atoms with Crippen LogP contribution < -0.4 is 19.8 Å². The highest BCUT2D eigenvalue weighted by molar-refractivity contribution is 7.56. The van der Waals surface area contributed by atoms with Crippen molar-refractivity contribution in [3.8, 4) is 5.75 Å². The van der Waals surface area contributed by atoms with Gasteiger partial charge in [0.2, 0.25) is 11.8 Å². The van der Waals surface area contributed by atoms with Crippen molar-refractivity contribution in [2.45, 2.75) is 101 Å². The van der Waals surface area contributed by atoms with Crippen molar-refractivity contribution >= 4 is 58.3 Å². The van der Waals surface area contributed by atoms with E-state index in [1.807, 2.05) is 48.5 Å². The Labute approximate surface area is 360 Å². The van der Waals surface area contributed by atoms with Gasteiger partial charge in [-0.15, -0.1) is 11.3 Å². The van der Waals surface area contributed by atoms with Crippen LogP contribution in [0, 0.1) is 0 Å². The van der Waals surface area contributed by atoms with Crippen LogP contribution in [0.25, 0.3) is 10.1 Å². The summed E-state index contributed by atoms with van der Waals surface area (Å²) < 4.78 is 31.9. The molecule has 4 saturated heterocycles. The number of fused-ring (bicyclic) bond motifs is 2. The van der Waals surface area contributed by atoms with Gasteiger partial charge in [0.05, 0.1) is 30.3 Å². The Morgan fingerprint density at radius 3 is 2.59 bits per heavy atom. The number of thiophene rings is 1. The summed E-state index contributed by atoms with van der Waals surface area (Å²) in [5.74, 6) is -0.518. The number of carbonyl (C=O) groups is 4. The molecule has 8 rings (SSSR count). The number of aromatic nitrogens is 1. The number of carbonyl (C=O) groups excluding carboxylic acids is 4. The first-order valence-electron chi connectivity index (χ1n) is 21.5. The average Bonchev–Trinajstić information content (AvgIpc) is 3.82. The number of pyridine rings is 1. The molecule has 324 valence electrons. The largest absolute Gasteiger partial charge is 0.465 e. The molecule has 16 heteroatoms. The SMILES string of the molecule is CCCOC(=O)[C@H](C)NP(=O)(Cc1ccc2sc(C(=O)N[C@H]3CCC[C@H]4CC[C@@H](C(=O)N5CC(c6cnccc6N6CC[C@H]6COC)C5)N4C3=O)cc2c1)Oc1ccccc1. The molecular formula is C45H55N6O8PS. The number of hydrogen-bond acceptors (Lipinski definition) is 11. The van der Waals surface area contributed by atoms with Gasteiger partial charge in [0.1, 0.15) is 23.9 Å². The topological polar surface area (TPSA) is 160 Å². The molecule has 6 atom stereocenters. The maximum atomic E-state index is 14.4. The molecule has 4 aliphatic rings. The van der Waals surface area contributed by atoms with E-state index in [4.69, 9.17) is 14.0 Å². The minimum Gasteiger partial charge on any atom is -0.465 e. The second-order valence-corrected chi connectivity index (χ2v) is 19.8. The number of anilines is 1. The Kier molecular flexibility index (Phi) is 13.1. The fraction of sp³-hybridized carbons (Fsp3) is 0.489. The Bertz CT molecular complexity index is 2290. The smallest absolute Gasteiger partial charge is 0.323 e. The van der Waals surface area contributed by atoms with Crippen molar-refractivity contribution in [1.82, 2.24) is 25.2 Å². The first kappa shape index (κ1) is 42.9. The van der Waals surface area contributed by atoms with Crippen LogP contribution in [0.15, 0.2) is 73.1 Å². The van der Waals surface area contributed by atoms with E-state index in [1.54, 1.807) is 49.3 Å². The number of methoxy groups -OCH3 is 1. The van der Waals surface area contributed by atoms with E-state index in [-0.39, 0.29) is 42.5 Å². The van der Waals surface area contributed by atoms with E-state index in [0.29, 0.717) is 61.2 Å². The molecule has 0 bridgehead atoms. The molecule has 0 spiro atoms. The van der Waals surface area contributed by atoms with E-state index >= 15 is 0 Å². The van der Waals surface area contributed by atoms with Gasteiger partial charge in [-0.25, -0.2) is 5.09 Å². The van der Waals surface area contributed by atoms with Gasteiger partial charge in [0.25, 0.3) is 5.91 Å². The van der Waals surface area contributed by atoms with Gasteiger partial charge in [-0.05, 0) is 99.2 Å². The van der Waals surface area contributed by atoms with Crippen LogP contribution in [0.5, 0.6) is 5.75 Å². The summed E-state index contributed by atoms with van der Waals surface area (Å²) in [6.45, 7) is 6.57. The molecular weight excluding hydrogens is 816 g/mol. The molecule has 6 heterocycles. The zero-order valence-electron chi connectivity index (χ0n) is 35.0. The molecule has 0 saturated carbocycles. The van der Waals surface area contributed by atoms with Crippen LogP contribution in [-0.4, -0.2) is 109 Å². The number of amides is 3. The molecule has 0 aliphatic carbocycles. The molecule has 2 N–H and O–H groups in total. The van der Waals surface area contributed by atoms with Crippen molar-refractivity contribution in [2.24, 2.45) is 0 Å². The fourth-order valence-electron chi connectivity index (χ4n) is 9.11. The van der Waals surface area contributed by atoms with E-state index in [9.17, 15) is 23.7 Å². The number of ether oxygens (including phenoxy) is 2. The van der Waals surface area contributed by atoms with E-state index in [2.05, 4.69) is 26.4 Å². The predicted octanol–water partition coefficient (Wildman–Crippen LogP) is 6.49. The van der Waals surface area contributed by atoms with Gasteiger partial charge in [-0.2, -0.15) is 0 Å². The Hall–Kier alpha value is -4.82. The standard InChI is InChI=1S/C45H55N6O8PS/c1-4-21-58-45(55)29(2)48-60(56,59-35-10-6-5-7-11-35)28-30-13-16-40-31(22-30)23-41(61-40)42(52)47-37-12-8-9-33-14-15-39(51(33)43(37)53)44(54)49-25-32(26-49)36-24-46-19-17-38(36)50-20-18-34(50)27-57-3/h5-7,10-11,13,16-17,19,22-24,29,32-34,37,39H,4,8-9,12,14-15,18,20-21,25-28H2,1-3H3,(H,47,52)(H,48,56)/t29-,33-,34-,37-,39-,60?/m0/s1. The molecule has 4 aliphatic heterocycles. The highest BCUT2D eigenvalue weighted by Crippen LogP contribution is 2.48. The van der Waals surface area contributed by atoms with Crippen LogP contribution in [0.4, 0.5) is 5.69 Å². The monoisotopic (exact) mass is 870 g/mol. The summed E-state index contributed by atoms with van der Waals surface area (Å²) in [6, 6.07) is 16.4. The molecule has 61 heavy (non-hydrogen) atoms. The number of nitrogens with one attached hydrogen (secondary N) is 2. The van der Waals surface area contributed by atoms with Crippen LogP contribution in [0.1, 0.15) is 85.5 Å². The highest BCUT2D eigenvalue weighted by Gasteiger charge is 2.48. The van der Waals surface area contributed by atoms with Crippen LogP contribution in [0.2, 0.25) is 0 Å². The summed E-state index contributed by atoms with van der Waals surface area (Å²) in [7, 11) is -1.96. The summed E-state index contributed by atoms with van der Waals surface area (Å²) in [5, 5.41) is 6.72. The van der Waals surface area contributed by atoms with Gasteiger partial charge in [-0.1, -0.05) is 31.2 Å². The summed E-state index contributed by atoms with van der Waals surface area (Å²) >= 11 is 1.31. The third-order valence-electron chi connectivity index (χ3n) is 12.3. The predicted molar refractivity (Wildman–Crippen MR) is 234 cm³/mol. The average molecular weight is 871 g/mol. The molecule has 4 aromatic rings. The van der Waals surface area contributed by atoms with Crippen molar-refractivity contribution < 1.29 is 37.7 Å². The minimum absolute atomic E-state index is 0.0224. The van der Waals surface area contributed by atoms with Gasteiger partial charge < -0.3 is 34.0 Å². The van der Waals surface area contributed by atoms with Gasteiger partial charge in [0.15, 0.2) is 0 Å². The summed E-state index contributed by atoms with van der Waals surface area (Å²) in [5.41, 5.74) is 2.99. The van der Waals surface area contributed by atoms with E-state index in [1.165, 1.54) is 11.3 Å². The summed E-state index contributed by atoms with van der Waals surface area (Å²) in [4.78, 5) is 65.7.